The van der Waals surface area contributed by atoms with Gasteiger partial charge in [-0.15, -0.1) is 34.0 Å². The van der Waals surface area contributed by atoms with Gasteiger partial charge in [0.25, 0.3) is 0 Å². The SMILES string of the molecule is C.Cc1nc2nc(Cl)nc(C(=O)CCC3CCOCC3)c2s1.Cc1nc2nc(Cl)nc(C(=O)O)c2s1.Cc1nc2nc(N[C@@H](C)c3cncc(F)c3)nc(C(=O)CCC3CCOCC3)c2s1.NCC1CCOCC1. The van der Waals surface area contributed by atoms with Crippen molar-refractivity contribution in [3.8, 4) is 0 Å². The van der Waals surface area contributed by atoms with Crippen LogP contribution in [0.25, 0.3) is 31.0 Å². The first-order chi connectivity index (χ1) is 35.1. The summed E-state index contributed by atoms with van der Waals surface area (Å²) < 4.78 is 31.3. The number of hydrogen-bond acceptors (Lipinski definition) is 21. The van der Waals surface area contributed by atoms with Crippen molar-refractivity contribution in [3.05, 3.63) is 72.5 Å². The lowest BCUT2D eigenvalue weighted by atomic mass is 9.93. The molecular weight excluding hydrogens is 1050 g/mol. The fourth-order valence-corrected chi connectivity index (χ4v) is 11.1. The number of nitrogens with two attached hydrogens (primary N) is 1. The van der Waals surface area contributed by atoms with E-state index in [0.717, 1.165) is 134 Å². The Bertz CT molecular complexity index is 3000. The highest BCUT2D eigenvalue weighted by Gasteiger charge is 2.24. The summed E-state index contributed by atoms with van der Waals surface area (Å²) in [5.41, 5.74) is 8.22. The summed E-state index contributed by atoms with van der Waals surface area (Å²) in [4.78, 5) is 77.6. The molecule has 0 spiro atoms. The van der Waals surface area contributed by atoms with Crippen LogP contribution in [0.4, 0.5) is 10.3 Å². The Morgan fingerprint density at radius 2 is 1.08 bits per heavy atom. The van der Waals surface area contributed by atoms with Gasteiger partial charge < -0.3 is 30.4 Å². The molecule has 7 aromatic heterocycles. The number of carboxylic acids is 1. The summed E-state index contributed by atoms with van der Waals surface area (Å²) in [5, 5.41) is 14.4. The quantitative estimate of drug-likeness (QED) is 0.0715. The summed E-state index contributed by atoms with van der Waals surface area (Å²) in [7, 11) is 0. The van der Waals surface area contributed by atoms with E-state index in [-0.39, 0.29) is 41.3 Å². The molecule has 1 atom stereocenters. The first kappa shape index (κ1) is 58.3. The summed E-state index contributed by atoms with van der Waals surface area (Å²) in [6.45, 7) is 13.2. The molecule has 4 N–H and O–H groups in total. The maximum atomic E-state index is 13.5. The summed E-state index contributed by atoms with van der Waals surface area (Å²) in [6, 6.07) is 1.13. The minimum absolute atomic E-state index is 0. The number of carbonyl (C=O) groups excluding carboxylic acids is 2. The van der Waals surface area contributed by atoms with Gasteiger partial charge in [-0.3, -0.25) is 14.6 Å². The van der Waals surface area contributed by atoms with Crippen LogP contribution in [0, 0.1) is 44.3 Å². The highest BCUT2D eigenvalue weighted by Crippen LogP contribution is 2.30. The fraction of sp³-hybridized carbons (Fsp3) is 0.531. The molecule has 0 aromatic carbocycles. The van der Waals surface area contributed by atoms with Crippen molar-refractivity contribution in [1.29, 1.82) is 0 Å². The Labute approximate surface area is 450 Å². The van der Waals surface area contributed by atoms with Gasteiger partial charge in [0.15, 0.2) is 34.2 Å². The molecule has 0 saturated carbocycles. The number of aryl methyl sites for hydroxylation is 3. The third kappa shape index (κ3) is 16.5. The number of nitrogens with one attached hydrogen (secondary N) is 1. The molecule has 0 bridgehead atoms. The minimum atomic E-state index is -1.12. The van der Waals surface area contributed by atoms with Crippen molar-refractivity contribution in [1.82, 2.24) is 49.8 Å². The molecule has 10 rings (SSSR count). The van der Waals surface area contributed by atoms with Crippen molar-refractivity contribution >= 4 is 112 Å². The van der Waals surface area contributed by atoms with E-state index < -0.39 is 11.8 Å². The zero-order valence-electron chi connectivity index (χ0n) is 40.9. The third-order valence-corrected chi connectivity index (χ3v) is 15.5. The van der Waals surface area contributed by atoms with Gasteiger partial charge in [-0.05, 0) is 138 Å². The number of thiazole rings is 3. The second-order valence-corrected chi connectivity index (χ2v) is 22.0. The van der Waals surface area contributed by atoms with E-state index in [4.69, 9.17) is 48.3 Å². The topological polar surface area (TPSA) is 266 Å². The molecule has 7 aromatic rings. The maximum Gasteiger partial charge on any atom is 0.356 e. The first-order valence-corrected chi connectivity index (χ1v) is 27.2. The number of Topliss-reactive ketones (excluding diaryl/α,β-unsaturated/α-hetero) is 2. The molecule has 74 heavy (non-hydrogen) atoms. The van der Waals surface area contributed by atoms with Crippen LogP contribution in [-0.2, 0) is 14.2 Å². The zero-order chi connectivity index (χ0) is 52.0. The number of halogens is 3. The summed E-state index contributed by atoms with van der Waals surface area (Å²) in [5.74, 6) is 0.627. The van der Waals surface area contributed by atoms with Gasteiger partial charge in [-0.25, -0.2) is 39.1 Å². The molecule has 0 amide bonds. The lowest BCUT2D eigenvalue weighted by Gasteiger charge is -2.21. The standard InChI is InChI=1S/C21H24FN5O2S.C14H16ClN3O2S.C7H4ClN3O2S.C6H13NO.CH4/c1-12(15-9-16(22)11-23-10-15)24-21-26-18(19-20(27-21)25-13(2)30-19)17(28)4-3-14-5-7-29-8-6-14;1-8-16-13-12(21-8)11(17-14(15)18-13)10(19)3-2-9-4-6-20-7-5-9;1-2-9-5-4(14-2)3(6(12)13)10-7(8)11-5;7-5-6-1-3-8-4-2-6;/h9-12,14H,3-8H2,1-2H3,(H,24,26,27);9H,2-7H2,1H3;1H3,(H,12,13);6H,1-5,7H2;1H4/t12-;;;;/m0..../s1. The maximum absolute atomic E-state index is 13.5. The van der Waals surface area contributed by atoms with Crippen LogP contribution in [0.5, 0.6) is 0 Å². The molecule has 19 nitrogen and oxygen atoms in total. The smallest absolute Gasteiger partial charge is 0.356 e. The van der Waals surface area contributed by atoms with E-state index in [2.05, 4.69) is 55.2 Å². The Balaban J connectivity index is 0.000000176. The number of aromatic nitrogens is 10. The largest absolute Gasteiger partial charge is 0.476 e. The number of ether oxygens (including phenoxy) is 3. The predicted molar refractivity (Wildman–Crippen MR) is 287 cm³/mol. The van der Waals surface area contributed by atoms with E-state index in [1.54, 1.807) is 13.1 Å². The number of fused-ring (bicyclic) bond motifs is 3. The number of carbonyl (C=O) groups is 3. The average Bonchev–Trinajstić information content (AvgIpc) is 4.09. The predicted octanol–water partition coefficient (Wildman–Crippen LogP) is 10.7. The third-order valence-electron chi connectivity index (χ3n) is 12.2. The summed E-state index contributed by atoms with van der Waals surface area (Å²) in [6.07, 6.45) is 11.8. The van der Waals surface area contributed by atoms with Gasteiger partial charge >= 0.3 is 5.97 Å². The number of pyridine rings is 1. The molecule has 0 radical (unpaired) electrons. The van der Waals surface area contributed by atoms with Crippen molar-refractivity contribution < 1.29 is 38.1 Å². The Kier molecular flexibility index (Phi) is 22.2. The lowest BCUT2D eigenvalue weighted by molar-refractivity contribution is 0.0619. The number of anilines is 1. The van der Waals surface area contributed by atoms with Gasteiger partial charge in [0.1, 0.15) is 31.3 Å². The molecule has 10 heterocycles. The van der Waals surface area contributed by atoms with Crippen LogP contribution < -0.4 is 11.1 Å². The zero-order valence-corrected chi connectivity index (χ0v) is 44.8. The second kappa shape index (κ2) is 28.2. The number of hydrogen-bond donors (Lipinski definition) is 3. The monoisotopic (exact) mass is 1110 g/mol. The van der Waals surface area contributed by atoms with Crippen LogP contribution in [0.1, 0.15) is 137 Å². The first-order valence-electron chi connectivity index (χ1n) is 24.0. The van der Waals surface area contributed by atoms with Crippen LogP contribution in [0.3, 0.4) is 0 Å². The highest BCUT2D eigenvalue weighted by molar-refractivity contribution is 7.19. The van der Waals surface area contributed by atoms with Crippen LogP contribution >= 0.6 is 57.2 Å². The Morgan fingerprint density at radius 1 is 0.662 bits per heavy atom. The number of ketones is 2. The molecule has 25 heteroatoms. The van der Waals surface area contributed by atoms with Crippen LogP contribution in [-0.4, -0.2) is 119 Å². The van der Waals surface area contributed by atoms with Crippen LogP contribution in [0.15, 0.2) is 18.5 Å². The summed E-state index contributed by atoms with van der Waals surface area (Å²) >= 11 is 15.6. The Morgan fingerprint density at radius 3 is 1.51 bits per heavy atom. The molecule has 3 aliphatic heterocycles. The minimum Gasteiger partial charge on any atom is -0.476 e. The highest BCUT2D eigenvalue weighted by atomic mass is 35.5. The molecule has 0 aliphatic carbocycles. The van der Waals surface area contributed by atoms with Crippen molar-refractivity contribution in [2.45, 2.75) is 105 Å². The van der Waals surface area contributed by atoms with Crippen molar-refractivity contribution in [2.24, 2.45) is 23.5 Å². The van der Waals surface area contributed by atoms with Gasteiger partial charge in [-0.2, -0.15) is 15.0 Å². The average molecular weight is 1120 g/mol. The van der Waals surface area contributed by atoms with E-state index >= 15 is 0 Å². The van der Waals surface area contributed by atoms with Gasteiger partial charge in [-0.1, -0.05) is 7.43 Å². The lowest BCUT2D eigenvalue weighted by Crippen LogP contribution is -2.22. The van der Waals surface area contributed by atoms with Gasteiger partial charge in [0, 0.05) is 58.7 Å². The molecule has 0 unspecified atom stereocenters. The van der Waals surface area contributed by atoms with Crippen molar-refractivity contribution in [3.63, 3.8) is 0 Å². The van der Waals surface area contributed by atoms with E-state index in [0.29, 0.717) is 69.2 Å². The molecule has 3 fully saturated rings. The molecule has 3 saturated heterocycles. The van der Waals surface area contributed by atoms with Gasteiger partial charge in [0.05, 0.1) is 27.3 Å². The normalized spacial score (nSPS) is 15.7. The van der Waals surface area contributed by atoms with Crippen LogP contribution in [0.2, 0.25) is 10.6 Å². The number of carboxylic acid groups (broad SMARTS) is 1. The second-order valence-electron chi connectivity index (χ2n) is 17.7. The van der Waals surface area contributed by atoms with E-state index in [9.17, 15) is 18.8 Å². The Hall–Kier alpha value is -4.98. The van der Waals surface area contributed by atoms with Crippen molar-refractivity contribution in [2.75, 3.05) is 51.5 Å². The molecule has 3 aliphatic rings. The number of rotatable bonds is 13. The van der Waals surface area contributed by atoms with E-state index in [1.165, 1.54) is 40.1 Å². The molecule has 398 valence electrons. The fourth-order valence-electron chi connectivity index (χ4n) is 8.22. The molecular formula is C49H61Cl2FN12O7S3. The van der Waals surface area contributed by atoms with E-state index in [1.807, 2.05) is 20.8 Å². The number of aromatic carboxylic acids is 1. The van der Waals surface area contributed by atoms with Gasteiger partial charge in [0.2, 0.25) is 16.5 Å². The number of nitrogens with zero attached hydrogens (tertiary/aromatic N) is 10.